The standard InChI is InChI=1S/C19H31N3O4/c1-18(2,3)25-16(23)20-22(17(24)26-19(4,5)6)15-11-9-10-14(12-15)13-21(7)8/h9-12H,13H2,1-8H3,(H,20,23). The number of amides is 2. The molecule has 0 heterocycles. The van der Waals surface area contributed by atoms with Gasteiger partial charge in [0.05, 0.1) is 5.69 Å². The van der Waals surface area contributed by atoms with Gasteiger partial charge in [-0.25, -0.2) is 15.0 Å². The van der Waals surface area contributed by atoms with Crippen LogP contribution in [0.4, 0.5) is 15.3 Å². The zero-order chi connectivity index (χ0) is 20.1. The Morgan fingerprint density at radius 1 is 1.00 bits per heavy atom. The number of carbonyl (C=O) groups excluding carboxylic acids is 2. The van der Waals surface area contributed by atoms with Crippen LogP contribution >= 0.6 is 0 Å². The normalized spacial score (nSPS) is 11.9. The van der Waals surface area contributed by atoms with E-state index in [-0.39, 0.29) is 0 Å². The summed E-state index contributed by atoms with van der Waals surface area (Å²) >= 11 is 0. The SMILES string of the molecule is CN(C)Cc1cccc(N(NC(=O)OC(C)(C)C)C(=O)OC(C)(C)C)c1. The summed E-state index contributed by atoms with van der Waals surface area (Å²) in [4.78, 5) is 26.8. The molecule has 0 aliphatic carbocycles. The summed E-state index contributed by atoms with van der Waals surface area (Å²) < 4.78 is 10.7. The lowest BCUT2D eigenvalue weighted by atomic mass is 10.2. The predicted molar refractivity (Wildman–Crippen MR) is 102 cm³/mol. The Kier molecular flexibility index (Phi) is 7.03. The van der Waals surface area contributed by atoms with Gasteiger partial charge in [-0.2, -0.15) is 5.01 Å². The molecule has 1 rings (SSSR count). The quantitative estimate of drug-likeness (QED) is 0.822. The Morgan fingerprint density at radius 2 is 1.58 bits per heavy atom. The van der Waals surface area contributed by atoms with Crippen molar-refractivity contribution in [1.29, 1.82) is 0 Å². The Bertz CT molecular complexity index is 630. The summed E-state index contributed by atoms with van der Waals surface area (Å²) in [5.41, 5.74) is 2.57. The van der Waals surface area contributed by atoms with E-state index in [4.69, 9.17) is 9.47 Å². The first kappa shape index (κ1) is 21.8. The van der Waals surface area contributed by atoms with Crippen LogP contribution in [0.25, 0.3) is 0 Å². The van der Waals surface area contributed by atoms with Gasteiger partial charge >= 0.3 is 12.2 Å². The largest absolute Gasteiger partial charge is 0.443 e. The van der Waals surface area contributed by atoms with Crippen LogP contribution in [0.15, 0.2) is 24.3 Å². The van der Waals surface area contributed by atoms with E-state index in [0.717, 1.165) is 10.6 Å². The first-order valence-corrected chi connectivity index (χ1v) is 8.53. The molecule has 0 radical (unpaired) electrons. The highest BCUT2D eigenvalue weighted by atomic mass is 16.6. The van der Waals surface area contributed by atoms with Crippen LogP contribution in [0.1, 0.15) is 47.1 Å². The molecule has 7 nitrogen and oxygen atoms in total. The van der Waals surface area contributed by atoms with Crippen molar-refractivity contribution in [2.75, 3.05) is 19.1 Å². The smallest absolute Gasteiger partial charge is 0.434 e. The molecule has 0 bridgehead atoms. The maximum Gasteiger partial charge on any atom is 0.434 e. The van der Waals surface area contributed by atoms with E-state index in [2.05, 4.69) is 5.43 Å². The average Bonchev–Trinajstić information content (AvgIpc) is 2.40. The monoisotopic (exact) mass is 365 g/mol. The molecule has 146 valence electrons. The second-order valence-electron chi connectivity index (χ2n) is 8.34. The van der Waals surface area contributed by atoms with Crippen molar-refractivity contribution >= 4 is 17.9 Å². The van der Waals surface area contributed by atoms with E-state index in [9.17, 15) is 9.59 Å². The fourth-order valence-electron chi connectivity index (χ4n) is 2.07. The van der Waals surface area contributed by atoms with Gasteiger partial charge in [0, 0.05) is 6.54 Å². The Labute approximate surface area is 156 Å². The summed E-state index contributed by atoms with van der Waals surface area (Å²) in [7, 11) is 3.91. The van der Waals surface area contributed by atoms with Crippen molar-refractivity contribution in [3.63, 3.8) is 0 Å². The topological polar surface area (TPSA) is 71.1 Å². The molecule has 26 heavy (non-hydrogen) atoms. The molecule has 2 amide bonds. The first-order chi connectivity index (χ1) is 11.8. The lowest BCUT2D eigenvalue weighted by molar-refractivity contribution is 0.0425. The maximum absolute atomic E-state index is 12.6. The molecule has 0 unspecified atom stereocenters. The number of nitrogens with zero attached hydrogens (tertiary/aromatic N) is 2. The van der Waals surface area contributed by atoms with Gasteiger partial charge in [0.1, 0.15) is 11.2 Å². The summed E-state index contributed by atoms with van der Waals surface area (Å²) in [6.45, 7) is 11.2. The fraction of sp³-hybridized carbons (Fsp3) is 0.579. The fourth-order valence-corrected chi connectivity index (χ4v) is 2.07. The van der Waals surface area contributed by atoms with E-state index < -0.39 is 23.4 Å². The van der Waals surface area contributed by atoms with Crippen molar-refractivity contribution in [2.24, 2.45) is 0 Å². The highest BCUT2D eigenvalue weighted by Gasteiger charge is 2.27. The average molecular weight is 365 g/mol. The lowest BCUT2D eigenvalue weighted by Gasteiger charge is -2.29. The zero-order valence-electron chi connectivity index (χ0n) is 17.0. The molecule has 1 N–H and O–H groups in total. The van der Waals surface area contributed by atoms with E-state index >= 15 is 0 Å². The third-order valence-electron chi connectivity index (χ3n) is 2.85. The molecule has 0 spiro atoms. The van der Waals surface area contributed by atoms with Crippen LogP contribution in [0, 0.1) is 0 Å². The highest BCUT2D eigenvalue weighted by molar-refractivity contribution is 5.90. The molecule has 1 aromatic rings. The molecule has 0 aliphatic heterocycles. The molecule has 0 atom stereocenters. The highest BCUT2D eigenvalue weighted by Crippen LogP contribution is 2.19. The van der Waals surface area contributed by atoms with E-state index in [1.807, 2.05) is 37.2 Å². The van der Waals surface area contributed by atoms with Crippen LogP contribution in [-0.2, 0) is 16.0 Å². The minimum atomic E-state index is -0.735. The minimum Gasteiger partial charge on any atom is -0.443 e. The second kappa shape index (κ2) is 8.40. The van der Waals surface area contributed by atoms with Crippen LogP contribution in [0.2, 0.25) is 0 Å². The molecule has 7 heteroatoms. The number of ether oxygens (including phenoxy) is 2. The Morgan fingerprint density at radius 3 is 2.08 bits per heavy atom. The van der Waals surface area contributed by atoms with Crippen molar-refractivity contribution in [3.8, 4) is 0 Å². The van der Waals surface area contributed by atoms with Gasteiger partial charge in [-0.05, 0) is 73.3 Å². The van der Waals surface area contributed by atoms with Gasteiger partial charge in [-0.15, -0.1) is 0 Å². The van der Waals surface area contributed by atoms with Gasteiger partial charge in [-0.3, -0.25) is 0 Å². The third kappa shape index (κ3) is 8.20. The number of hydrogen-bond acceptors (Lipinski definition) is 5. The van der Waals surface area contributed by atoms with Crippen molar-refractivity contribution in [1.82, 2.24) is 10.3 Å². The lowest BCUT2D eigenvalue weighted by Crippen LogP contribution is -2.50. The van der Waals surface area contributed by atoms with Gasteiger partial charge < -0.3 is 14.4 Å². The number of hydrogen-bond donors (Lipinski definition) is 1. The number of nitrogens with one attached hydrogen (secondary N) is 1. The van der Waals surface area contributed by atoms with Crippen LogP contribution in [0.3, 0.4) is 0 Å². The minimum absolute atomic E-state index is 0.490. The number of carbonyl (C=O) groups is 2. The number of benzene rings is 1. The molecule has 0 aromatic heterocycles. The Hall–Kier alpha value is -2.28. The molecule has 0 fully saturated rings. The van der Waals surface area contributed by atoms with Crippen LogP contribution < -0.4 is 10.4 Å². The number of hydrazine groups is 1. The van der Waals surface area contributed by atoms with Crippen LogP contribution in [-0.4, -0.2) is 42.4 Å². The molecule has 0 saturated carbocycles. The van der Waals surface area contributed by atoms with E-state index in [1.165, 1.54) is 0 Å². The van der Waals surface area contributed by atoms with Crippen molar-refractivity contribution in [3.05, 3.63) is 29.8 Å². The van der Waals surface area contributed by atoms with Crippen molar-refractivity contribution < 1.29 is 19.1 Å². The van der Waals surface area contributed by atoms with E-state index in [1.54, 1.807) is 47.6 Å². The Balaban J connectivity index is 3.11. The first-order valence-electron chi connectivity index (χ1n) is 8.53. The predicted octanol–water partition coefficient (Wildman–Crippen LogP) is 3.93. The molecule has 1 aromatic carbocycles. The number of rotatable bonds is 3. The molecular weight excluding hydrogens is 334 g/mol. The van der Waals surface area contributed by atoms with Gasteiger partial charge in [0.15, 0.2) is 0 Å². The van der Waals surface area contributed by atoms with Gasteiger partial charge in [0.25, 0.3) is 0 Å². The zero-order valence-corrected chi connectivity index (χ0v) is 17.0. The summed E-state index contributed by atoms with van der Waals surface area (Å²) in [6.07, 6.45) is -1.42. The molecule has 0 aliphatic rings. The third-order valence-corrected chi connectivity index (χ3v) is 2.85. The maximum atomic E-state index is 12.6. The molecular formula is C19H31N3O4. The summed E-state index contributed by atoms with van der Waals surface area (Å²) in [6, 6.07) is 7.31. The summed E-state index contributed by atoms with van der Waals surface area (Å²) in [5.74, 6) is 0. The van der Waals surface area contributed by atoms with Crippen LogP contribution in [0.5, 0.6) is 0 Å². The van der Waals surface area contributed by atoms with Crippen molar-refractivity contribution in [2.45, 2.75) is 59.3 Å². The van der Waals surface area contributed by atoms with Gasteiger partial charge in [-0.1, -0.05) is 12.1 Å². The number of anilines is 1. The van der Waals surface area contributed by atoms with E-state index in [0.29, 0.717) is 12.2 Å². The second-order valence-corrected chi connectivity index (χ2v) is 8.34. The summed E-state index contributed by atoms with van der Waals surface area (Å²) in [5, 5.41) is 1.07. The molecule has 0 saturated heterocycles. The van der Waals surface area contributed by atoms with Gasteiger partial charge in [0.2, 0.25) is 0 Å².